The lowest BCUT2D eigenvalue weighted by molar-refractivity contribution is -0.144. The molecule has 4 rings (SSSR count). The van der Waals surface area contributed by atoms with E-state index >= 15 is 0 Å². The molecule has 2 unspecified atom stereocenters. The summed E-state index contributed by atoms with van der Waals surface area (Å²) in [5, 5.41) is 3.35. The second-order valence-corrected chi connectivity index (χ2v) is 11.7. The lowest BCUT2D eigenvalue weighted by Gasteiger charge is -2.32. The summed E-state index contributed by atoms with van der Waals surface area (Å²) >= 11 is 0. The van der Waals surface area contributed by atoms with Gasteiger partial charge >= 0.3 is 0 Å². The maximum Gasteiger partial charge on any atom is 0.245 e. The monoisotopic (exact) mass is 482 g/mol. The first-order valence-corrected chi connectivity index (χ1v) is 13.4. The van der Waals surface area contributed by atoms with Crippen LogP contribution in [-0.2, 0) is 20.8 Å². The van der Waals surface area contributed by atoms with E-state index < -0.39 is 6.04 Å². The Kier molecular flexibility index (Phi) is 8.15. The molecule has 2 aliphatic heterocycles. The zero-order valence-corrected chi connectivity index (χ0v) is 21.7. The molecular formula is C28H42N4O3. The fraction of sp³-hybridized carbons (Fsp3) is 0.679. The summed E-state index contributed by atoms with van der Waals surface area (Å²) < 4.78 is 0. The van der Waals surface area contributed by atoms with Gasteiger partial charge in [0.1, 0.15) is 6.04 Å². The number of hydrogen-bond donors (Lipinski definition) is 1. The number of carbonyl (C=O) groups excluding carboxylic acids is 3. The number of nitrogens with zero attached hydrogens (tertiary/aromatic N) is 3. The second kappa shape index (κ2) is 11.1. The fourth-order valence-corrected chi connectivity index (χ4v) is 5.32. The SMILES string of the molecule is CC(C)(C)CC(=O)N(CCc1ccccc1)C1CC(C(=O)N2CCCNCC2)N(C(=O)C2CC2)C1. The number of nitrogens with one attached hydrogen (secondary N) is 1. The summed E-state index contributed by atoms with van der Waals surface area (Å²) in [4.78, 5) is 46.2. The highest BCUT2D eigenvalue weighted by Gasteiger charge is 2.47. The van der Waals surface area contributed by atoms with Crippen LogP contribution in [0.15, 0.2) is 30.3 Å². The minimum absolute atomic E-state index is 0.0523. The molecule has 1 aliphatic carbocycles. The zero-order valence-electron chi connectivity index (χ0n) is 21.7. The van der Waals surface area contributed by atoms with Crippen LogP contribution >= 0.6 is 0 Å². The van der Waals surface area contributed by atoms with Crippen LogP contribution in [0.5, 0.6) is 0 Å². The summed E-state index contributed by atoms with van der Waals surface area (Å²) in [5.41, 5.74) is 1.06. The van der Waals surface area contributed by atoms with Gasteiger partial charge in [0, 0.05) is 45.1 Å². The van der Waals surface area contributed by atoms with Gasteiger partial charge in [0.15, 0.2) is 0 Å². The van der Waals surface area contributed by atoms with E-state index in [9.17, 15) is 14.4 Å². The van der Waals surface area contributed by atoms with Crippen molar-refractivity contribution in [2.24, 2.45) is 11.3 Å². The van der Waals surface area contributed by atoms with Crippen molar-refractivity contribution in [3.63, 3.8) is 0 Å². The molecule has 2 atom stereocenters. The van der Waals surface area contributed by atoms with Gasteiger partial charge in [0.2, 0.25) is 17.7 Å². The Hall–Kier alpha value is -2.41. The number of benzene rings is 1. The Balaban J connectivity index is 1.54. The van der Waals surface area contributed by atoms with Crippen molar-refractivity contribution in [1.29, 1.82) is 0 Å². The molecule has 0 spiro atoms. The van der Waals surface area contributed by atoms with Crippen molar-refractivity contribution in [3.05, 3.63) is 35.9 Å². The van der Waals surface area contributed by atoms with E-state index in [1.165, 1.54) is 5.56 Å². The molecule has 35 heavy (non-hydrogen) atoms. The molecular weight excluding hydrogens is 440 g/mol. The maximum atomic E-state index is 13.7. The van der Waals surface area contributed by atoms with Crippen molar-refractivity contribution >= 4 is 17.7 Å². The average molecular weight is 483 g/mol. The Labute approximate surface area is 210 Å². The van der Waals surface area contributed by atoms with Crippen LogP contribution in [0.2, 0.25) is 0 Å². The molecule has 1 aromatic rings. The number of amides is 3. The number of carbonyl (C=O) groups is 3. The third kappa shape index (κ3) is 6.84. The Bertz CT molecular complexity index is 885. The average Bonchev–Trinajstić information content (AvgIpc) is 3.62. The Morgan fingerprint density at radius 3 is 2.46 bits per heavy atom. The van der Waals surface area contributed by atoms with Crippen LogP contribution in [0.4, 0.5) is 0 Å². The molecule has 3 aliphatic rings. The van der Waals surface area contributed by atoms with E-state index in [1.807, 2.05) is 32.9 Å². The van der Waals surface area contributed by atoms with Gasteiger partial charge in [0.05, 0.1) is 6.04 Å². The van der Waals surface area contributed by atoms with E-state index in [2.05, 4.69) is 38.2 Å². The fourth-order valence-electron chi connectivity index (χ4n) is 5.32. The molecule has 0 aromatic heterocycles. The minimum atomic E-state index is -0.465. The van der Waals surface area contributed by atoms with Gasteiger partial charge in [-0.2, -0.15) is 0 Å². The molecule has 192 valence electrons. The molecule has 7 heteroatoms. The van der Waals surface area contributed by atoms with Crippen LogP contribution in [0, 0.1) is 11.3 Å². The van der Waals surface area contributed by atoms with Crippen molar-refractivity contribution in [3.8, 4) is 0 Å². The zero-order chi connectivity index (χ0) is 25.0. The minimum Gasteiger partial charge on any atom is -0.340 e. The molecule has 2 saturated heterocycles. The molecule has 3 fully saturated rings. The smallest absolute Gasteiger partial charge is 0.245 e. The van der Waals surface area contributed by atoms with Crippen LogP contribution < -0.4 is 5.32 Å². The third-order valence-corrected chi connectivity index (χ3v) is 7.35. The lowest BCUT2D eigenvalue weighted by Crippen LogP contribution is -2.49. The van der Waals surface area contributed by atoms with Crippen LogP contribution in [0.1, 0.15) is 58.4 Å². The Morgan fingerprint density at radius 2 is 1.77 bits per heavy atom. The first-order valence-electron chi connectivity index (χ1n) is 13.4. The van der Waals surface area contributed by atoms with Crippen molar-refractivity contribution < 1.29 is 14.4 Å². The van der Waals surface area contributed by atoms with E-state index in [4.69, 9.17) is 0 Å². The van der Waals surface area contributed by atoms with Crippen LogP contribution in [0.3, 0.4) is 0 Å². The summed E-state index contributed by atoms with van der Waals surface area (Å²) in [6.07, 6.45) is 4.49. The van der Waals surface area contributed by atoms with Gasteiger partial charge in [-0.15, -0.1) is 0 Å². The number of likely N-dealkylation sites (tertiary alicyclic amines) is 1. The number of rotatable bonds is 7. The maximum absolute atomic E-state index is 13.7. The molecule has 1 N–H and O–H groups in total. The van der Waals surface area contributed by atoms with Crippen LogP contribution in [-0.4, -0.2) is 83.8 Å². The van der Waals surface area contributed by atoms with Gasteiger partial charge in [-0.05, 0) is 49.6 Å². The van der Waals surface area contributed by atoms with E-state index in [0.717, 1.165) is 45.3 Å². The molecule has 7 nitrogen and oxygen atoms in total. The third-order valence-electron chi connectivity index (χ3n) is 7.35. The topological polar surface area (TPSA) is 73.0 Å². The molecule has 1 aromatic carbocycles. The predicted molar refractivity (Wildman–Crippen MR) is 137 cm³/mol. The highest BCUT2D eigenvalue weighted by Crippen LogP contribution is 2.35. The normalized spacial score (nSPS) is 23.2. The molecule has 2 heterocycles. The van der Waals surface area contributed by atoms with Crippen molar-refractivity contribution in [1.82, 2.24) is 20.0 Å². The molecule has 1 saturated carbocycles. The van der Waals surface area contributed by atoms with Gasteiger partial charge < -0.3 is 20.0 Å². The highest BCUT2D eigenvalue weighted by atomic mass is 16.2. The van der Waals surface area contributed by atoms with E-state index in [0.29, 0.717) is 32.5 Å². The van der Waals surface area contributed by atoms with E-state index in [1.54, 1.807) is 0 Å². The first kappa shape index (κ1) is 25.7. The largest absolute Gasteiger partial charge is 0.340 e. The highest BCUT2D eigenvalue weighted by molar-refractivity contribution is 5.90. The molecule has 0 radical (unpaired) electrons. The standard InChI is InChI=1S/C28H42N4O3/c1-28(2,3)19-25(33)31(16-12-21-8-5-4-6-9-21)23-18-24(32(20-23)26(34)22-10-11-22)27(35)30-15-7-13-29-14-17-30/h4-6,8-9,22-24,29H,7,10-20H2,1-3H3. The summed E-state index contributed by atoms with van der Waals surface area (Å²) in [6, 6.07) is 9.62. The Morgan fingerprint density at radius 1 is 1.03 bits per heavy atom. The molecule has 0 bridgehead atoms. The van der Waals surface area contributed by atoms with Gasteiger partial charge in [-0.25, -0.2) is 0 Å². The van der Waals surface area contributed by atoms with E-state index in [-0.39, 0.29) is 35.1 Å². The van der Waals surface area contributed by atoms with Crippen molar-refractivity contribution in [2.75, 3.05) is 39.3 Å². The van der Waals surface area contributed by atoms with Crippen LogP contribution in [0.25, 0.3) is 0 Å². The predicted octanol–water partition coefficient (Wildman–Crippen LogP) is 2.70. The van der Waals surface area contributed by atoms with Gasteiger partial charge in [-0.3, -0.25) is 14.4 Å². The summed E-state index contributed by atoms with van der Waals surface area (Å²) in [6.45, 7) is 10.4. The first-order chi connectivity index (χ1) is 16.7. The number of hydrogen-bond acceptors (Lipinski definition) is 4. The van der Waals surface area contributed by atoms with Gasteiger partial charge in [0.25, 0.3) is 0 Å². The quantitative estimate of drug-likeness (QED) is 0.649. The molecule has 3 amide bonds. The van der Waals surface area contributed by atoms with Crippen molar-refractivity contribution in [2.45, 2.75) is 71.4 Å². The lowest BCUT2D eigenvalue weighted by atomic mass is 9.91. The second-order valence-electron chi connectivity index (χ2n) is 11.7. The summed E-state index contributed by atoms with van der Waals surface area (Å²) in [5.74, 6) is 0.323. The summed E-state index contributed by atoms with van der Waals surface area (Å²) in [7, 11) is 0. The van der Waals surface area contributed by atoms with Gasteiger partial charge in [-0.1, -0.05) is 51.1 Å².